The number of hydrogen-bond acceptors (Lipinski definition) is 4. The van der Waals surface area contributed by atoms with Gasteiger partial charge < -0.3 is 10.4 Å². The van der Waals surface area contributed by atoms with Gasteiger partial charge in [0.1, 0.15) is 11.7 Å². The van der Waals surface area contributed by atoms with Crippen molar-refractivity contribution in [3.63, 3.8) is 0 Å². The number of allylic oxidation sites excluding steroid dienone is 2. The van der Waals surface area contributed by atoms with Crippen molar-refractivity contribution in [2.75, 3.05) is 5.32 Å². The number of aliphatic carboxylic acids is 1. The van der Waals surface area contributed by atoms with Crippen molar-refractivity contribution < 1.29 is 14.8 Å². The summed E-state index contributed by atoms with van der Waals surface area (Å²) in [6, 6.07) is 2.59. The minimum absolute atomic E-state index is 0.0509. The van der Waals surface area contributed by atoms with Gasteiger partial charge in [0.25, 0.3) is 5.69 Å². The molecule has 1 heterocycles. The lowest BCUT2D eigenvalue weighted by atomic mass is 9.78. The van der Waals surface area contributed by atoms with E-state index in [0.29, 0.717) is 12.1 Å². The van der Waals surface area contributed by atoms with Crippen LogP contribution < -0.4 is 5.32 Å². The third-order valence-corrected chi connectivity index (χ3v) is 4.06. The van der Waals surface area contributed by atoms with Gasteiger partial charge in [-0.25, -0.2) is 4.79 Å². The molecule has 0 saturated carbocycles. The Morgan fingerprint density at radius 1 is 1.50 bits per heavy atom. The maximum Gasteiger partial charge on any atom is 0.326 e. The average molecular weight is 274 g/mol. The highest BCUT2D eigenvalue weighted by atomic mass is 16.6. The molecule has 104 valence electrons. The molecule has 0 unspecified atom stereocenters. The Balaban J connectivity index is 2.19. The van der Waals surface area contributed by atoms with Crippen LogP contribution in [0.2, 0.25) is 0 Å². The molecule has 0 amide bonds. The Morgan fingerprint density at radius 2 is 2.25 bits per heavy atom. The van der Waals surface area contributed by atoms with Crippen LogP contribution in [0.25, 0.3) is 0 Å². The molecule has 0 bridgehead atoms. The third kappa shape index (κ3) is 1.76. The van der Waals surface area contributed by atoms with Crippen LogP contribution in [0.15, 0.2) is 24.3 Å². The van der Waals surface area contributed by atoms with Crippen LogP contribution in [0.5, 0.6) is 0 Å². The van der Waals surface area contributed by atoms with E-state index in [0.717, 1.165) is 11.1 Å². The minimum atomic E-state index is -0.968. The first-order valence-electron chi connectivity index (χ1n) is 6.44. The maximum absolute atomic E-state index is 11.4. The summed E-state index contributed by atoms with van der Waals surface area (Å²) >= 11 is 0. The van der Waals surface area contributed by atoms with Gasteiger partial charge in [-0.15, -0.1) is 0 Å². The van der Waals surface area contributed by atoms with Gasteiger partial charge in [0, 0.05) is 17.9 Å². The standard InChI is InChI=1S/C14H14N2O4/c1-7-5-10-8-3-2-4-9(8)13(14(17)18)15-12(10)11(6-7)16(19)20/h2-3,5-6,8-9,13,15H,4H2,1H3,(H,17,18)/t8-,9-,13-/m0/s1. The van der Waals surface area contributed by atoms with Gasteiger partial charge in [-0.05, 0) is 24.5 Å². The summed E-state index contributed by atoms with van der Waals surface area (Å²) in [5.41, 5.74) is 1.93. The summed E-state index contributed by atoms with van der Waals surface area (Å²) in [5.74, 6) is -1.11. The van der Waals surface area contributed by atoms with Gasteiger partial charge in [-0.1, -0.05) is 18.2 Å². The highest BCUT2D eigenvalue weighted by Gasteiger charge is 2.43. The largest absolute Gasteiger partial charge is 0.480 e. The number of benzene rings is 1. The summed E-state index contributed by atoms with van der Waals surface area (Å²) in [6.07, 6.45) is 4.59. The van der Waals surface area contributed by atoms with E-state index in [1.54, 1.807) is 0 Å². The zero-order valence-corrected chi connectivity index (χ0v) is 10.9. The van der Waals surface area contributed by atoms with Crippen molar-refractivity contribution in [2.45, 2.75) is 25.3 Å². The average Bonchev–Trinajstić information content (AvgIpc) is 2.85. The Bertz CT molecular complexity index is 638. The number of anilines is 1. The summed E-state index contributed by atoms with van der Waals surface area (Å²) in [6.45, 7) is 1.81. The molecular weight excluding hydrogens is 260 g/mol. The summed E-state index contributed by atoms with van der Waals surface area (Å²) in [7, 11) is 0. The molecule has 0 saturated heterocycles. The van der Waals surface area contributed by atoms with Gasteiger partial charge >= 0.3 is 5.97 Å². The Kier molecular flexibility index (Phi) is 2.74. The molecule has 1 aromatic carbocycles. The molecule has 0 radical (unpaired) electrons. The molecule has 3 rings (SSSR count). The molecule has 1 aliphatic heterocycles. The van der Waals surface area contributed by atoms with E-state index in [-0.39, 0.29) is 17.5 Å². The van der Waals surface area contributed by atoms with Crippen LogP contribution in [0.1, 0.15) is 23.5 Å². The summed E-state index contributed by atoms with van der Waals surface area (Å²) in [5, 5.41) is 23.4. The molecule has 2 aliphatic rings. The van der Waals surface area contributed by atoms with E-state index >= 15 is 0 Å². The number of hydrogen-bond donors (Lipinski definition) is 2. The lowest BCUT2D eigenvalue weighted by Crippen LogP contribution is -2.42. The van der Waals surface area contributed by atoms with Gasteiger partial charge in [-0.3, -0.25) is 10.1 Å². The number of nitro benzene ring substituents is 1. The SMILES string of the molecule is Cc1cc2c(c([N+](=O)[O-])c1)N[C@H](C(=O)O)[C@H]1CC=C[C@H]21. The molecule has 0 spiro atoms. The van der Waals surface area contributed by atoms with Crippen molar-refractivity contribution in [2.24, 2.45) is 5.92 Å². The van der Waals surface area contributed by atoms with Crippen LogP contribution in [-0.4, -0.2) is 22.0 Å². The Labute approximate surface area is 115 Å². The number of nitro groups is 1. The van der Waals surface area contributed by atoms with E-state index < -0.39 is 16.9 Å². The quantitative estimate of drug-likeness (QED) is 0.491. The second kappa shape index (κ2) is 4.33. The molecule has 0 fully saturated rings. The molecule has 6 heteroatoms. The number of aryl methyl sites for hydroxylation is 1. The van der Waals surface area contributed by atoms with Gasteiger partial charge in [-0.2, -0.15) is 0 Å². The van der Waals surface area contributed by atoms with Crippen molar-refractivity contribution in [3.05, 3.63) is 45.5 Å². The van der Waals surface area contributed by atoms with Crippen LogP contribution in [-0.2, 0) is 4.79 Å². The second-order valence-electron chi connectivity index (χ2n) is 5.32. The fourth-order valence-corrected chi connectivity index (χ4v) is 3.22. The van der Waals surface area contributed by atoms with E-state index in [2.05, 4.69) is 5.32 Å². The van der Waals surface area contributed by atoms with E-state index in [4.69, 9.17) is 0 Å². The van der Waals surface area contributed by atoms with Crippen LogP contribution in [0.3, 0.4) is 0 Å². The zero-order chi connectivity index (χ0) is 14.4. The molecule has 3 atom stereocenters. The van der Waals surface area contributed by atoms with Crippen LogP contribution in [0, 0.1) is 23.0 Å². The molecule has 2 N–H and O–H groups in total. The van der Waals surface area contributed by atoms with E-state index in [9.17, 15) is 20.0 Å². The number of nitrogens with zero attached hydrogens (tertiary/aromatic N) is 1. The first-order chi connectivity index (χ1) is 9.49. The number of rotatable bonds is 2. The van der Waals surface area contributed by atoms with Crippen molar-refractivity contribution in [1.82, 2.24) is 0 Å². The highest BCUT2D eigenvalue weighted by molar-refractivity contribution is 5.83. The van der Waals surface area contributed by atoms with E-state index in [1.807, 2.05) is 25.1 Å². The van der Waals surface area contributed by atoms with Gasteiger partial charge in [0.05, 0.1) is 4.92 Å². The second-order valence-corrected chi connectivity index (χ2v) is 5.32. The molecule has 1 aromatic rings. The summed E-state index contributed by atoms with van der Waals surface area (Å²) in [4.78, 5) is 22.1. The van der Waals surface area contributed by atoms with Crippen molar-refractivity contribution >= 4 is 17.3 Å². The fraction of sp³-hybridized carbons (Fsp3) is 0.357. The number of nitrogens with one attached hydrogen (secondary N) is 1. The molecule has 6 nitrogen and oxygen atoms in total. The zero-order valence-electron chi connectivity index (χ0n) is 10.9. The highest BCUT2D eigenvalue weighted by Crippen LogP contribution is 2.47. The van der Waals surface area contributed by atoms with Crippen molar-refractivity contribution in [1.29, 1.82) is 0 Å². The smallest absolute Gasteiger partial charge is 0.326 e. The molecule has 0 aromatic heterocycles. The monoisotopic (exact) mass is 274 g/mol. The Morgan fingerprint density at radius 3 is 2.90 bits per heavy atom. The lowest BCUT2D eigenvalue weighted by molar-refractivity contribution is -0.384. The predicted octanol–water partition coefficient (Wildman–Crippen LogP) is 2.44. The van der Waals surface area contributed by atoms with Crippen molar-refractivity contribution in [3.8, 4) is 0 Å². The third-order valence-electron chi connectivity index (χ3n) is 4.06. The number of fused-ring (bicyclic) bond motifs is 3. The number of carboxylic acid groups (broad SMARTS) is 1. The summed E-state index contributed by atoms with van der Waals surface area (Å²) < 4.78 is 0. The predicted molar refractivity (Wildman–Crippen MR) is 72.9 cm³/mol. The molecule has 1 aliphatic carbocycles. The molecule has 20 heavy (non-hydrogen) atoms. The maximum atomic E-state index is 11.4. The fourth-order valence-electron chi connectivity index (χ4n) is 3.22. The first kappa shape index (κ1) is 12.7. The Hall–Kier alpha value is -2.37. The first-order valence-corrected chi connectivity index (χ1v) is 6.44. The number of carboxylic acids is 1. The van der Waals surface area contributed by atoms with E-state index in [1.165, 1.54) is 6.07 Å². The minimum Gasteiger partial charge on any atom is -0.480 e. The number of carbonyl (C=O) groups is 1. The van der Waals surface area contributed by atoms with Gasteiger partial charge in [0.2, 0.25) is 0 Å². The topological polar surface area (TPSA) is 92.5 Å². The van der Waals surface area contributed by atoms with Crippen LogP contribution >= 0.6 is 0 Å². The lowest BCUT2D eigenvalue weighted by Gasteiger charge is -2.34. The molecular formula is C14H14N2O4. The van der Waals surface area contributed by atoms with Gasteiger partial charge in [0.15, 0.2) is 0 Å². The van der Waals surface area contributed by atoms with Crippen LogP contribution in [0.4, 0.5) is 11.4 Å². The normalized spacial score (nSPS) is 26.6.